The lowest BCUT2D eigenvalue weighted by molar-refractivity contribution is -0.160. The van der Waals surface area contributed by atoms with Crippen molar-refractivity contribution >= 4 is 17.7 Å². The van der Waals surface area contributed by atoms with Gasteiger partial charge in [0.25, 0.3) is 0 Å². The first kappa shape index (κ1) is 18.2. The Morgan fingerprint density at radius 3 is 2.62 bits per heavy atom. The maximum absolute atomic E-state index is 12.8. The van der Waals surface area contributed by atoms with Crippen molar-refractivity contribution in [3.63, 3.8) is 0 Å². The van der Waals surface area contributed by atoms with Gasteiger partial charge in [-0.3, -0.25) is 9.59 Å². The van der Waals surface area contributed by atoms with Crippen molar-refractivity contribution in [2.45, 2.75) is 52.7 Å². The van der Waals surface area contributed by atoms with E-state index < -0.39 is 30.1 Å². The van der Waals surface area contributed by atoms with Crippen LogP contribution in [-0.2, 0) is 23.9 Å². The van der Waals surface area contributed by atoms with Crippen molar-refractivity contribution in [3.05, 3.63) is 35.5 Å². The van der Waals surface area contributed by atoms with Gasteiger partial charge >= 0.3 is 11.9 Å². The van der Waals surface area contributed by atoms with Crippen molar-refractivity contribution in [2.75, 3.05) is 0 Å². The molecular weight excluding hydrogens is 308 g/mol. The Kier molecular flexibility index (Phi) is 5.42. The lowest BCUT2D eigenvalue weighted by Gasteiger charge is -2.26. The summed E-state index contributed by atoms with van der Waals surface area (Å²) in [4.78, 5) is 36.9. The molecule has 1 aliphatic heterocycles. The molecule has 0 aromatic rings. The molecule has 1 fully saturated rings. The highest BCUT2D eigenvalue weighted by molar-refractivity contribution is 6.02. The maximum atomic E-state index is 12.8. The van der Waals surface area contributed by atoms with Crippen molar-refractivity contribution in [1.82, 2.24) is 0 Å². The normalized spacial score (nSPS) is 32.4. The highest BCUT2D eigenvalue weighted by Gasteiger charge is 2.47. The number of rotatable bonds is 2. The van der Waals surface area contributed by atoms with E-state index in [1.165, 1.54) is 0 Å². The first-order valence-electron chi connectivity index (χ1n) is 8.21. The molecule has 0 aromatic heterocycles. The van der Waals surface area contributed by atoms with E-state index in [0.717, 1.165) is 12.0 Å². The van der Waals surface area contributed by atoms with E-state index in [0.29, 0.717) is 12.0 Å². The smallest absolute Gasteiger partial charge is 0.334 e. The fraction of sp³-hybridized carbons (Fsp3) is 0.526. The molecular formula is C19H24O5. The molecule has 130 valence electrons. The number of Topliss-reactive ketones (excluding diaryl/α,β-unsaturated/α-hetero) is 1. The third-order valence-electron chi connectivity index (χ3n) is 4.39. The van der Waals surface area contributed by atoms with Crippen LogP contribution in [-0.4, -0.2) is 29.9 Å². The SMILES string of the molecule is C=C1C(=O)O[C@H]2/C=C(\C)CC/C=C(/C)C(=O)[C@H](OC(=O)C(C)C)[C@@H]12. The molecule has 1 heterocycles. The van der Waals surface area contributed by atoms with Gasteiger partial charge in [-0.25, -0.2) is 4.79 Å². The Bertz CT molecular complexity index is 638. The molecule has 5 heteroatoms. The average Bonchev–Trinajstić information content (AvgIpc) is 2.77. The molecule has 24 heavy (non-hydrogen) atoms. The van der Waals surface area contributed by atoms with Gasteiger partial charge in [0.2, 0.25) is 0 Å². The second-order valence-electron chi connectivity index (χ2n) is 6.74. The predicted molar refractivity (Wildman–Crippen MR) is 89.0 cm³/mol. The topological polar surface area (TPSA) is 69.7 Å². The van der Waals surface area contributed by atoms with E-state index in [1.54, 1.807) is 20.8 Å². The molecule has 5 nitrogen and oxygen atoms in total. The molecule has 0 amide bonds. The van der Waals surface area contributed by atoms with E-state index in [2.05, 4.69) is 6.58 Å². The first-order chi connectivity index (χ1) is 11.2. The summed E-state index contributed by atoms with van der Waals surface area (Å²) in [6.07, 6.45) is 3.42. The summed E-state index contributed by atoms with van der Waals surface area (Å²) < 4.78 is 10.8. The quantitative estimate of drug-likeness (QED) is 0.442. The van der Waals surface area contributed by atoms with Gasteiger partial charge in [0, 0.05) is 5.57 Å². The van der Waals surface area contributed by atoms with Gasteiger partial charge in [-0.1, -0.05) is 32.1 Å². The van der Waals surface area contributed by atoms with E-state index >= 15 is 0 Å². The number of fused-ring (bicyclic) bond motifs is 1. The number of ether oxygens (including phenoxy) is 2. The molecule has 1 saturated heterocycles. The molecule has 0 unspecified atom stereocenters. The largest absolute Gasteiger partial charge is 0.454 e. The summed E-state index contributed by atoms with van der Waals surface area (Å²) in [5.74, 6) is -2.40. The lowest BCUT2D eigenvalue weighted by atomic mass is 9.84. The maximum Gasteiger partial charge on any atom is 0.334 e. The minimum atomic E-state index is -1.10. The van der Waals surface area contributed by atoms with Gasteiger partial charge < -0.3 is 9.47 Å². The van der Waals surface area contributed by atoms with Crippen LogP contribution in [0.25, 0.3) is 0 Å². The summed E-state index contributed by atoms with van der Waals surface area (Å²) >= 11 is 0. The predicted octanol–water partition coefficient (Wildman–Crippen LogP) is 2.91. The second kappa shape index (κ2) is 7.16. The second-order valence-corrected chi connectivity index (χ2v) is 6.74. The minimum Gasteiger partial charge on any atom is -0.454 e. The number of carbonyl (C=O) groups excluding carboxylic acids is 3. The molecule has 0 aromatic carbocycles. The van der Waals surface area contributed by atoms with Gasteiger partial charge in [0.15, 0.2) is 11.9 Å². The van der Waals surface area contributed by atoms with Crippen molar-refractivity contribution < 1.29 is 23.9 Å². The molecule has 0 bridgehead atoms. The zero-order valence-corrected chi connectivity index (χ0v) is 14.6. The van der Waals surface area contributed by atoms with Gasteiger partial charge in [-0.05, 0) is 38.3 Å². The van der Waals surface area contributed by atoms with Crippen LogP contribution in [0.3, 0.4) is 0 Å². The zero-order chi connectivity index (χ0) is 18.0. The number of ketones is 1. The standard InChI is InChI=1S/C19H24O5/c1-10(2)18(21)24-17-15-13(5)19(22)23-14(15)9-11(3)7-6-8-12(4)16(17)20/h8-10,14-15,17H,5-7H2,1-4H3/b11-9+,12-8-/t14-,15-,17+/m0/s1. The number of hydrogen-bond acceptors (Lipinski definition) is 5. The number of esters is 2. The summed E-state index contributed by atoms with van der Waals surface area (Å²) in [7, 11) is 0. The zero-order valence-electron chi connectivity index (χ0n) is 14.6. The van der Waals surface area contributed by atoms with Gasteiger partial charge in [-0.2, -0.15) is 0 Å². The molecule has 0 saturated carbocycles. The first-order valence-corrected chi connectivity index (χ1v) is 8.21. The van der Waals surface area contributed by atoms with Crippen LogP contribution < -0.4 is 0 Å². The fourth-order valence-electron chi connectivity index (χ4n) is 2.86. The Labute approximate surface area is 142 Å². The lowest BCUT2D eigenvalue weighted by Crippen LogP contribution is -2.40. The molecule has 0 N–H and O–H groups in total. The summed E-state index contributed by atoms with van der Waals surface area (Å²) in [6, 6.07) is 0. The number of hydrogen-bond donors (Lipinski definition) is 0. The molecule has 0 radical (unpaired) electrons. The molecule has 2 rings (SSSR count). The van der Waals surface area contributed by atoms with E-state index in [1.807, 2.05) is 19.1 Å². The van der Waals surface area contributed by atoms with E-state index in [-0.39, 0.29) is 17.3 Å². The number of carbonyl (C=O) groups is 3. The Morgan fingerprint density at radius 1 is 1.33 bits per heavy atom. The molecule has 3 atom stereocenters. The van der Waals surface area contributed by atoms with Crippen molar-refractivity contribution in [1.29, 1.82) is 0 Å². The Balaban J connectivity index is 2.48. The summed E-state index contributed by atoms with van der Waals surface area (Å²) in [5, 5.41) is 0. The summed E-state index contributed by atoms with van der Waals surface area (Å²) in [6.45, 7) is 10.8. The Hall–Kier alpha value is -2.17. The van der Waals surface area contributed by atoms with Crippen molar-refractivity contribution in [3.8, 4) is 0 Å². The van der Waals surface area contributed by atoms with Gasteiger partial charge in [-0.15, -0.1) is 0 Å². The van der Waals surface area contributed by atoms with E-state index in [9.17, 15) is 14.4 Å². The molecule has 0 spiro atoms. The monoisotopic (exact) mass is 332 g/mol. The molecule has 1 aliphatic carbocycles. The highest BCUT2D eigenvalue weighted by atomic mass is 16.6. The van der Waals surface area contributed by atoms with Crippen LogP contribution in [0.15, 0.2) is 35.5 Å². The third-order valence-corrected chi connectivity index (χ3v) is 4.39. The average molecular weight is 332 g/mol. The third kappa shape index (κ3) is 3.66. The molecule has 2 aliphatic rings. The van der Waals surface area contributed by atoms with Crippen LogP contribution in [0.1, 0.15) is 40.5 Å². The summed E-state index contributed by atoms with van der Waals surface area (Å²) in [5.41, 5.74) is 1.75. The number of allylic oxidation sites excluding steroid dienone is 2. The highest BCUT2D eigenvalue weighted by Crippen LogP contribution is 2.35. The van der Waals surface area contributed by atoms with Crippen LogP contribution in [0.4, 0.5) is 0 Å². The Morgan fingerprint density at radius 2 is 2.00 bits per heavy atom. The van der Waals surface area contributed by atoms with Gasteiger partial charge in [0.1, 0.15) is 6.10 Å². The minimum absolute atomic E-state index is 0.173. The van der Waals surface area contributed by atoms with Gasteiger partial charge in [0.05, 0.1) is 11.8 Å². The van der Waals surface area contributed by atoms with Crippen molar-refractivity contribution in [2.24, 2.45) is 11.8 Å². The van der Waals surface area contributed by atoms with Crippen LogP contribution in [0.2, 0.25) is 0 Å². The van der Waals surface area contributed by atoms with Crippen LogP contribution in [0, 0.1) is 11.8 Å². The van der Waals surface area contributed by atoms with E-state index in [4.69, 9.17) is 9.47 Å². The van der Waals surface area contributed by atoms with Crippen LogP contribution >= 0.6 is 0 Å². The fourth-order valence-corrected chi connectivity index (χ4v) is 2.86. The van der Waals surface area contributed by atoms with Crippen LogP contribution in [0.5, 0.6) is 0 Å².